The number of aliphatic hydroxyl groups is 1. The van der Waals surface area contributed by atoms with E-state index >= 15 is 0 Å². The molecule has 0 aliphatic rings. The van der Waals surface area contributed by atoms with Gasteiger partial charge in [0.25, 0.3) is 0 Å². The topological polar surface area (TPSA) is 62.5 Å². The Morgan fingerprint density at radius 2 is 2.06 bits per heavy atom. The molecule has 4 nitrogen and oxygen atoms in total. The normalized spacial score (nSPS) is 9.83. The van der Waals surface area contributed by atoms with E-state index in [4.69, 9.17) is 19.8 Å². The lowest BCUT2D eigenvalue weighted by Crippen LogP contribution is -2.01. The van der Waals surface area contributed by atoms with Gasteiger partial charge in [-0.05, 0) is 37.5 Å². The van der Waals surface area contributed by atoms with Crippen LogP contribution in [0.5, 0.6) is 11.5 Å². The molecule has 0 radical (unpaired) electrons. The fourth-order valence-corrected chi connectivity index (χ4v) is 1.53. The van der Waals surface area contributed by atoms with Gasteiger partial charge in [-0.25, -0.2) is 0 Å². The molecule has 1 N–H and O–H groups in total. The van der Waals surface area contributed by atoms with E-state index in [1.54, 1.807) is 12.1 Å². The number of aliphatic hydroxyl groups excluding tert-OH is 1. The van der Waals surface area contributed by atoms with Crippen LogP contribution in [0.3, 0.4) is 0 Å². The van der Waals surface area contributed by atoms with Gasteiger partial charge >= 0.3 is 0 Å². The van der Waals surface area contributed by atoms with Crippen LogP contribution in [-0.2, 0) is 6.61 Å². The largest absolute Gasteiger partial charge is 0.490 e. The molecule has 4 heteroatoms. The Hall–Kier alpha value is -1.73. The van der Waals surface area contributed by atoms with Crippen molar-refractivity contribution < 1.29 is 14.6 Å². The summed E-state index contributed by atoms with van der Waals surface area (Å²) >= 11 is 0. The number of nitriles is 1. The molecular weight excluding hydrogens is 230 g/mol. The maximum Gasteiger partial charge on any atom is 0.161 e. The van der Waals surface area contributed by atoms with Gasteiger partial charge in [0.1, 0.15) is 0 Å². The van der Waals surface area contributed by atoms with Crippen molar-refractivity contribution in [2.45, 2.75) is 32.8 Å². The summed E-state index contributed by atoms with van der Waals surface area (Å²) < 4.78 is 11.1. The van der Waals surface area contributed by atoms with E-state index in [9.17, 15) is 0 Å². The van der Waals surface area contributed by atoms with Gasteiger partial charge in [-0.15, -0.1) is 0 Å². The summed E-state index contributed by atoms with van der Waals surface area (Å²) in [7, 11) is 0. The van der Waals surface area contributed by atoms with Crippen LogP contribution in [0.4, 0.5) is 0 Å². The Kier molecular flexibility index (Phi) is 6.67. The molecule has 98 valence electrons. The Balaban J connectivity index is 2.55. The first-order chi connectivity index (χ1) is 8.81. The second-order valence-electron chi connectivity index (χ2n) is 3.84. The lowest BCUT2D eigenvalue weighted by molar-refractivity contribution is 0.265. The molecule has 0 saturated heterocycles. The van der Waals surface area contributed by atoms with E-state index in [1.807, 2.05) is 13.0 Å². The summed E-state index contributed by atoms with van der Waals surface area (Å²) in [5, 5.41) is 17.5. The monoisotopic (exact) mass is 249 g/mol. The third-order valence-corrected chi connectivity index (χ3v) is 2.43. The zero-order valence-electron chi connectivity index (χ0n) is 10.7. The van der Waals surface area contributed by atoms with E-state index in [2.05, 4.69) is 6.07 Å². The van der Waals surface area contributed by atoms with Crippen LogP contribution in [0.25, 0.3) is 0 Å². The van der Waals surface area contributed by atoms with Crippen molar-refractivity contribution in [1.29, 1.82) is 5.26 Å². The third-order valence-electron chi connectivity index (χ3n) is 2.43. The predicted molar refractivity (Wildman–Crippen MR) is 68.5 cm³/mol. The number of ether oxygens (including phenoxy) is 2. The van der Waals surface area contributed by atoms with Crippen molar-refractivity contribution in [2.75, 3.05) is 13.2 Å². The van der Waals surface area contributed by atoms with Gasteiger partial charge in [0.15, 0.2) is 11.5 Å². The predicted octanol–water partition coefficient (Wildman–Crippen LogP) is 2.65. The van der Waals surface area contributed by atoms with E-state index in [-0.39, 0.29) is 6.61 Å². The van der Waals surface area contributed by atoms with E-state index in [0.29, 0.717) is 31.1 Å². The van der Waals surface area contributed by atoms with Crippen LogP contribution in [-0.4, -0.2) is 18.3 Å². The molecule has 0 amide bonds. The van der Waals surface area contributed by atoms with Gasteiger partial charge in [0, 0.05) is 6.42 Å². The van der Waals surface area contributed by atoms with Crippen LogP contribution < -0.4 is 9.47 Å². The third kappa shape index (κ3) is 4.64. The van der Waals surface area contributed by atoms with Crippen molar-refractivity contribution >= 4 is 0 Å². The number of benzene rings is 1. The summed E-state index contributed by atoms with van der Waals surface area (Å²) in [5.74, 6) is 1.34. The maximum absolute atomic E-state index is 9.07. The summed E-state index contributed by atoms with van der Waals surface area (Å²) in [6.07, 6.45) is 2.25. The molecular formula is C14H19NO3. The fraction of sp³-hybridized carbons (Fsp3) is 0.500. The van der Waals surface area contributed by atoms with Gasteiger partial charge < -0.3 is 14.6 Å². The van der Waals surface area contributed by atoms with Crippen LogP contribution in [0, 0.1) is 11.3 Å². The van der Waals surface area contributed by atoms with Gasteiger partial charge in [0.2, 0.25) is 0 Å². The molecule has 18 heavy (non-hydrogen) atoms. The zero-order valence-corrected chi connectivity index (χ0v) is 10.7. The van der Waals surface area contributed by atoms with Gasteiger partial charge in [-0.2, -0.15) is 5.26 Å². The minimum absolute atomic E-state index is 0.0114. The summed E-state index contributed by atoms with van der Waals surface area (Å²) in [6.45, 7) is 3.02. The molecule has 1 rings (SSSR count). The minimum Gasteiger partial charge on any atom is -0.490 e. The number of rotatable bonds is 8. The van der Waals surface area contributed by atoms with E-state index in [1.165, 1.54) is 0 Å². The average molecular weight is 249 g/mol. The van der Waals surface area contributed by atoms with E-state index < -0.39 is 0 Å². The highest BCUT2D eigenvalue weighted by Gasteiger charge is 2.06. The molecule has 0 aliphatic carbocycles. The molecule has 0 bridgehead atoms. The van der Waals surface area contributed by atoms with Gasteiger partial charge in [0.05, 0.1) is 25.9 Å². The summed E-state index contributed by atoms with van der Waals surface area (Å²) in [6, 6.07) is 7.51. The molecule has 0 atom stereocenters. The molecule has 0 aliphatic heterocycles. The van der Waals surface area contributed by atoms with Crippen molar-refractivity contribution in [3.8, 4) is 17.6 Å². The SMILES string of the molecule is CCOc1cc(CO)ccc1OCCCCC#N. The van der Waals surface area contributed by atoms with Crippen LogP contribution >= 0.6 is 0 Å². The van der Waals surface area contributed by atoms with E-state index in [0.717, 1.165) is 18.4 Å². The maximum atomic E-state index is 9.07. The average Bonchev–Trinajstić information content (AvgIpc) is 2.40. The highest BCUT2D eigenvalue weighted by atomic mass is 16.5. The summed E-state index contributed by atoms with van der Waals surface area (Å²) in [4.78, 5) is 0. The number of hydrogen-bond acceptors (Lipinski definition) is 4. The lowest BCUT2D eigenvalue weighted by Gasteiger charge is -2.12. The number of hydrogen-bond donors (Lipinski definition) is 1. The van der Waals surface area contributed by atoms with Gasteiger partial charge in [-0.3, -0.25) is 0 Å². The number of unbranched alkanes of at least 4 members (excludes halogenated alkanes) is 2. The molecule has 0 spiro atoms. The molecule has 0 aromatic heterocycles. The standard InChI is InChI=1S/C14H19NO3/c1-2-17-14-10-12(11-16)6-7-13(14)18-9-5-3-4-8-15/h6-7,10,16H,2-5,9,11H2,1H3. The Morgan fingerprint density at radius 3 is 2.72 bits per heavy atom. The van der Waals surface area contributed by atoms with Crippen LogP contribution in [0.1, 0.15) is 31.7 Å². The lowest BCUT2D eigenvalue weighted by atomic mass is 10.2. The Labute approximate surface area is 108 Å². The van der Waals surface area contributed by atoms with Crippen molar-refractivity contribution in [1.82, 2.24) is 0 Å². The first kappa shape index (κ1) is 14.3. The Bertz CT molecular complexity index is 399. The quantitative estimate of drug-likeness (QED) is 0.719. The highest BCUT2D eigenvalue weighted by Crippen LogP contribution is 2.28. The van der Waals surface area contributed by atoms with Crippen LogP contribution in [0.15, 0.2) is 18.2 Å². The molecule has 1 aromatic carbocycles. The molecule has 0 saturated carbocycles. The number of nitrogens with zero attached hydrogens (tertiary/aromatic N) is 1. The molecule has 0 heterocycles. The second-order valence-corrected chi connectivity index (χ2v) is 3.84. The van der Waals surface area contributed by atoms with Crippen LogP contribution in [0.2, 0.25) is 0 Å². The second kappa shape index (κ2) is 8.37. The molecule has 1 aromatic rings. The van der Waals surface area contributed by atoms with Crippen molar-refractivity contribution in [3.05, 3.63) is 23.8 Å². The highest BCUT2D eigenvalue weighted by molar-refractivity contribution is 5.42. The van der Waals surface area contributed by atoms with Crippen molar-refractivity contribution in [3.63, 3.8) is 0 Å². The smallest absolute Gasteiger partial charge is 0.161 e. The van der Waals surface area contributed by atoms with Gasteiger partial charge in [-0.1, -0.05) is 6.07 Å². The Morgan fingerprint density at radius 1 is 1.22 bits per heavy atom. The first-order valence-electron chi connectivity index (χ1n) is 6.18. The fourth-order valence-electron chi connectivity index (χ4n) is 1.53. The minimum atomic E-state index is -0.0114. The molecule has 0 unspecified atom stereocenters. The zero-order chi connectivity index (χ0) is 13.2. The first-order valence-corrected chi connectivity index (χ1v) is 6.18. The summed E-state index contributed by atoms with van der Waals surface area (Å²) in [5.41, 5.74) is 0.801. The van der Waals surface area contributed by atoms with Crippen molar-refractivity contribution in [2.24, 2.45) is 0 Å². The molecule has 0 fully saturated rings.